The third-order valence-corrected chi connectivity index (χ3v) is 3.57. The molecule has 0 unspecified atom stereocenters. The van der Waals surface area contributed by atoms with E-state index >= 15 is 0 Å². The third kappa shape index (κ3) is 4.20. The Morgan fingerprint density at radius 3 is 2.21 bits per heavy atom. The molecule has 1 aromatic heterocycles. The molecular formula is C19H18NO3Pd-. The van der Waals surface area contributed by atoms with E-state index in [1.165, 1.54) is 0 Å². The van der Waals surface area contributed by atoms with Crippen molar-refractivity contribution in [1.82, 2.24) is 4.57 Å². The largest absolute Gasteiger partial charge is 0.481 e. The minimum absolute atomic E-state index is 0. The molecule has 2 aromatic carbocycles. The van der Waals surface area contributed by atoms with Crippen LogP contribution < -0.4 is 0 Å². The minimum Gasteiger partial charge on any atom is -0.481 e. The van der Waals surface area contributed by atoms with E-state index in [0.717, 1.165) is 29.1 Å². The maximum absolute atomic E-state index is 12.6. The van der Waals surface area contributed by atoms with Crippen LogP contribution in [0.1, 0.15) is 28.5 Å². The molecule has 4 nitrogen and oxygen atoms in total. The summed E-state index contributed by atoms with van der Waals surface area (Å²) in [6.07, 6.45) is 0. The number of hydrogen-bond donors (Lipinski definition) is 1. The molecule has 0 spiro atoms. The fourth-order valence-corrected chi connectivity index (χ4v) is 2.44. The van der Waals surface area contributed by atoms with Crippen molar-refractivity contribution < 1.29 is 35.1 Å². The summed E-state index contributed by atoms with van der Waals surface area (Å²) in [4.78, 5) is 21.6. The van der Waals surface area contributed by atoms with Crippen LogP contribution in [0.25, 0.3) is 10.9 Å². The van der Waals surface area contributed by atoms with Crippen molar-refractivity contribution in [3.63, 3.8) is 0 Å². The van der Waals surface area contributed by atoms with Crippen LogP contribution in [0.5, 0.6) is 0 Å². The molecule has 0 aliphatic rings. The molecule has 0 amide bonds. The number of para-hydroxylation sites is 1. The van der Waals surface area contributed by atoms with Crippen LogP contribution in [0.15, 0.2) is 48.5 Å². The number of aryl methyl sites for hydroxylation is 1. The number of carbonyl (C=O) groups is 2. The molecule has 1 heterocycles. The Morgan fingerprint density at radius 2 is 1.62 bits per heavy atom. The molecule has 5 heteroatoms. The summed E-state index contributed by atoms with van der Waals surface area (Å²) in [6.45, 7) is 5.12. The molecule has 0 bridgehead atoms. The molecular weight excluding hydrogens is 397 g/mol. The number of nitrogens with zero attached hydrogens (tertiary/aromatic N) is 1. The van der Waals surface area contributed by atoms with Crippen molar-refractivity contribution in [1.29, 1.82) is 0 Å². The Kier molecular flexibility index (Phi) is 7.09. The molecule has 0 aliphatic carbocycles. The van der Waals surface area contributed by atoms with Gasteiger partial charge in [-0.25, -0.2) is 0 Å². The molecule has 1 N–H and O–H groups in total. The van der Waals surface area contributed by atoms with Gasteiger partial charge in [0.15, 0.2) is 5.91 Å². The van der Waals surface area contributed by atoms with E-state index < -0.39 is 5.97 Å². The van der Waals surface area contributed by atoms with E-state index in [4.69, 9.17) is 9.90 Å². The van der Waals surface area contributed by atoms with E-state index in [1.807, 2.05) is 37.3 Å². The fraction of sp³-hybridized carbons (Fsp3) is 0.158. The SMILES string of the molecule is CC(=O)O.Cc1c(C)n(C(=O)c2[c-]cccc2)c2ccccc12.[Pd]. The molecule has 0 radical (unpaired) electrons. The van der Waals surface area contributed by atoms with Crippen molar-refractivity contribution in [3.8, 4) is 0 Å². The Bertz CT molecular complexity index is 850. The first-order chi connectivity index (χ1) is 10.9. The van der Waals surface area contributed by atoms with Crippen LogP contribution in [-0.2, 0) is 25.2 Å². The summed E-state index contributed by atoms with van der Waals surface area (Å²) in [5.41, 5.74) is 3.69. The summed E-state index contributed by atoms with van der Waals surface area (Å²) in [5.74, 6) is -0.859. The van der Waals surface area contributed by atoms with Gasteiger partial charge in [-0.1, -0.05) is 23.8 Å². The molecule has 0 saturated heterocycles. The first kappa shape index (κ1) is 19.8. The number of carboxylic acid groups (broad SMARTS) is 1. The average molecular weight is 415 g/mol. The van der Waals surface area contributed by atoms with Crippen molar-refractivity contribution in [2.75, 3.05) is 0 Å². The normalized spacial score (nSPS) is 9.62. The van der Waals surface area contributed by atoms with E-state index in [1.54, 1.807) is 16.7 Å². The summed E-state index contributed by atoms with van der Waals surface area (Å²) < 4.78 is 1.77. The van der Waals surface area contributed by atoms with Gasteiger partial charge in [-0.05, 0) is 25.5 Å². The van der Waals surface area contributed by atoms with Gasteiger partial charge < -0.3 is 14.5 Å². The van der Waals surface area contributed by atoms with Crippen LogP contribution in [-0.4, -0.2) is 21.6 Å². The quantitative estimate of drug-likeness (QED) is 0.486. The topological polar surface area (TPSA) is 59.3 Å². The number of aromatic nitrogens is 1. The second-order valence-corrected chi connectivity index (χ2v) is 5.16. The fourth-order valence-electron chi connectivity index (χ4n) is 2.44. The summed E-state index contributed by atoms with van der Waals surface area (Å²) in [7, 11) is 0. The standard InChI is InChI=1S/C17H14NO.C2H4O2.Pd/c1-12-13(2)18(16-11-7-6-10-15(12)16)17(19)14-8-4-3-5-9-14;1-2(3)4;/h3-8,10-11H,1-2H3;1H3,(H,3,4);/q-1;;. The molecule has 0 atom stereocenters. The van der Waals surface area contributed by atoms with Gasteiger partial charge >= 0.3 is 0 Å². The van der Waals surface area contributed by atoms with Crippen LogP contribution in [0.2, 0.25) is 0 Å². The Hall–Kier alpha value is -2.22. The number of benzene rings is 2. The van der Waals surface area contributed by atoms with Gasteiger partial charge in [0.05, 0.1) is 0 Å². The second kappa shape index (κ2) is 8.58. The monoisotopic (exact) mass is 414 g/mol. The number of fused-ring (bicyclic) bond motifs is 1. The van der Waals surface area contributed by atoms with Crippen molar-refractivity contribution >= 4 is 22.8 Å². The second-order valence-electron chi connectivity index (χ2n) is 5.16. The van der Waals surface area contributed by atoms with Crippen molar-refractivity contribution in [2.45, 2.75) is 20.8 Å². The number of hydrogen-bond acceptors (Lipinski definition) is 2. The summed E-state index contributed by atoms with van der Waals surface area (Å²) in [5, 5.41) is 8.55. The summed E-state index contributed by atoms with van der Waals surface area (Å²) >= 11 is 0. The van der Waals surface area contributed by atoms with Gasteiger partial charge in [-0.3, -0.25) is 4.79 Å². The maximum atomic E-state index is 12.6. The molecule has 128 valence electrons. The molecule has 0 fully saturated rings. The van der Waals surface area contributed by atoms with Crippen molar-refractivity contribution in [2.24, 2.45) is 0 Å². The smallest absolute Gasteiger partial charge is 0.300 e. The van der Waals surface area contributed by atoms with Crippen LogP contribution >= 0.6 is 0 Å². The Labute approximate surface area is 154 Å². The number of aliphatic carboxylic acids is 1. The number of carbonyl (C=O) groups excluding carboxylic acids is 1. The van der Waals surface area contributed by atoms with Gasteiger partial charge in [-0.2, -0.15) is 0 Å². The molecule has 0 aliphatic heterocycles. The van der Waals surface area contributed by atoms with Crippen LogP contribution in [0, 0.1) is 19.9 Å². The van der Waals surface area contributed by atoms with Gasteiger partial charge in [0.2, 0.25) is 0 Å². The van der Waals surface area contributed by atoms with Crippen molar-refractivity contribution in [3.05, 3.63) is 71.4 Å². The van der Waals surface area contributed by atoms with E-state index in [0.29, 0.717) is 5.56 Å². The van der Waals surface area contributed by atoms with E-state index in [-0.39, 0.29) is 26.3 Å². The Morgan fingerprint density at radius 1 is 1.04 bits per heavy atom. The first-order valence-electron chi connectivity index (χ1n) is 7.21. The predicted octanol–water partition coefficient (Wildman–Crippen LogP) is 3.84. The van der Waals surface area contributed by atoms with E-state index in [9.17, 15) is 4.79 Å². The number of rotatable bonds is 1. The maximum Gasteiger partial charge on any atom is 0.300 e. The third-order valence-electron chi connectivity index (χ3n) is 3.57. The molecule has 24 heavy (non-hydrogen) atoms. The first-order valence-corrected chi connectivity index (χ1v) is 7.21. The van der Waals surface area contributed by atoms with Gasteiger partial charge in [0, 0.05) is 43.9 Å². The van der Waals surface area contributed by atoms with Gasteiger partial charge in [-0.15, -0.1) is 30.3 Å². The molecule has 0 saturated carbocycles. The summed E-state index contributed by atoms with van der Waals surface area (Å²) in [6, 6.07) is 18.3. The van der Waals surface area contributed by atoms with Gasteiger partial charge in [0.25, 0.3) is 5.97 Å². The minimum atomic E-state index is -0.833. The van der Waals surface area contributed by atoms with Crippen LogP contribution in [0.3, 0.4) is 0 Å². The average Bonchev–Trinajstić information content (AvgIpc) is 2.79. The zero-order chi connectivity index (χ0) is 17.0. The molecule has 3 rings (SSSR count). The Balaban J connectivity index is 0.000000522. The zero-order valence-corrected chi connectivity index (χ0v) is 15.2. The molecule has 3 aromatic rings. The number of carboxylic acids is 1. The van der Waals surface area contributed by atoms with Gasteiger partial charge in [0.1, 0.15) is 0 Å². The zero-order valence-electron chi connectivity index (χ0n) is 13.6. The van der Waals surface area contributed by atoms with Crippen LogP contribution in [0.4, 0.5) is 0 Å². The van der Waals surface area contributed by atoms with E-state index in [2.05, 4.69) is 19.1 Å². The predicted molar refractivity (Wildman–Crippen MR) is 89.7 cm³/mol.